The lowest BCUT2D eigenvalue weighted by Crippen LogP contribution is -2.40. The van der Waals surface area contributed by atoms with Crippen molar-refractivity contribution in [2.45, 2.75) is 18.4 Å². The van der Waals surface area contributed by atoms with Crippen molar-refractivity contribution in [3.63, 3.8) is 0 Å². The van der Waals surface area contributed by atoms with Crippen molar-refractivity contribution in [1.29, 1.82) is 0 Å². The first-order valence-electron chi connectivity index (χ1n) is 5.54. The summed E-state index contributed by atoms with van der Waals surface area (Å²) in [5.41, 5.74) is 6.20. The highest BCUT2D eigenvalue weighted by Gasteiger charge is 2.09. The smallest absolute Gasteiger partial charge is 0.321 e. The molecule has 6 nitrogen and oxygen atoms in total. The molecule has 1 aromatic rings. The van der Waals surface area contributed by atoms with Crippen LogP contribution in [0.4, 0.5) is 10.5 Å². The Bertz CT molecular complexity index is 425. The molecule has 0 aliphatic carbocycles. The van der Waals surface area contributed by atoms with E-state index in [1.807, 2.05) is 6.92 Å². The minimum atomic E-state index is -0.476. The molecular weight excluding hydrogens is 252 g/mol. The van der Waals surface area contributed by atoms with Gasteiger partial charge < -0.3 is 11.1 Å². The molecule has 0 saturated carbocycles. The molecule has 0 radical (unpaired) electrons. The van der Waals surface area contributed by atoms with E-state index in [0.717, 1.165) is 6.42 Å². The SMILES string of the molecule is CCCNC(=O)NC(=O)CSc1ncccc1N. The van der Waals surface area contributed by atoms with E-state index in [1.165, 1.54) is 11.8 Å². The van der Waals surface area contributed by atoms with Crippen molar-refractivity contribution in [2.24, 2.45) is 0 Å². The molecule has 98 valence electrons. The fourth-order valence-electron chi connectivity index (χ4n) is 1.10. The standard InChI is InChI=1S/C11H16N4O2S/c1-2-5-14-11(17)15-9(16)7-18-10-8(12)4-3-6-13-10/h3-4,6H,2,5,7,12H2,1H3,(H2,14,15,16,17). The summed E-state index contributed by atoms with van der Waals surface area (Å²) in [7, 11) is 0. The Hall–Kier alpha value is -1.76. The van der Waals surface area contributed by atoms with Gasteiger partial charge in [-0.3, -0.25) is 10.1 Å². The van der Waals surface area contributed by atoms with Gasteiger partial charge in [-0.15, -0.1) is 0 Å². The molecule has 4 N–H and O–H groups in total. The molecule has 0 saturated heterocycles. The molecule has 0 bridgehead atoms. The van der Waals surface area contributed by atoms with Gasteiger partial charge in [-0.05, 0) is 18.6 Å². The van der Waals surface area contributed by atoms with E-state index < -0.39 is 6.03 Å². The highest BCUT2D eigenvalue weighted by atomic mass is 32.2. The molecule has 7 heteroatoms. The zero-order chi connectivity index (χ0) is 13.4. The van der Waals surface area contributed by atoms with Crippen molar-refractivity contribution in [3.8, 4) is 0 Å². The lowest BCUT2D eigenvalue weighted by atomic mass is 10.4. The average Bonchev–Trinajstić information content (AvgIpc) is 2.35. The molecule has 1 heterocycles. The van der Waals surface area contributed by atoms with Gasteiger partial charge in [-0.25, -0.2) is 9.78 Å². The number of nitrogens with one attached hydrogen (secondary N) is 2. The number of nitrogen functional groups attached to an aromatic ring is 1. The van der Waals surface area contributed by atoms with E-state index in [2.05, 4.69) is 15.6 Å². The van der Waals surface area contributed by atoms with Crippen molar-refractivity contribution in [3.05, 3.63) is 18.3 Å². The van der Waals surface area contributed by atoms with Crippen LogP contribution in [0.3, 0.4) is 0 Å². The Morgan fingerprint density at radius 1 is 1.50 bits per heavy atom. The molecule has 1 aromatic heterocycles. The molecular formula is C11H16N4O2S. The number of thioether (sulfide) groups is 1. The first kappa shape index (κ1) is 14.3. The number of amides is 3. The van der Waals surface area contributed by atoms with Crippen LogP contribution in [0.2, 0.25) is 0 Å². The third kappa shape index (κ3) is 5.05. The number of hydrogen-bond donors (Lipinski definition) is 3. The third-order valence-corrected chi connectivity index (χ3v) is 2.95. The van der Waals surface area contributed by atoms with Crippen LogP contribution in [0.25, 0.3) is 0 Å². The molecule has 0 unspecified atom stereocenters. The zero-order valence-corrected chi connectivity index (χ0v) is 10.9. The summed E-state index contributed by atoms with van der Waals surface area (Å²) in [6.07, 6.45) is 2.42. The number of carbonyl (C=O) groups excluding carboxylic acids is 2. The van der Waals surface area contributed by atoms with Gasteiger partial charge in [0.2, 0.25) is 5.91 Å². The maximum atomic E-state index is 11.4. The van der Waals surface area contributed by atoms with Crippen LogP contribution in [0.1, 0.15) is 13.3 Å². The van der Waals surface area contributed by atoms with Crippen LogP contribution in [0, 0.1) is 0 Å². The summed E-state index contributed by atoms with van der Waals surface area (Å²) < 4.78 is 0. The van der Waals surface area contributed by atoms with Gasteiger partial charge in [-0.1, -0.05) is 18.7 Å². The lowest BCUT2D eigenvalue weighted by Gasteiger charge is -2.06. The minimum absolute atomic E-state index is 0.0980. The fraction of sp³-hybridized carbons (Fsp3) is 0.364. The first-order chi connectivity index (χ1) is 8.63. The molecule has 0 aliphatic heterocycles. The summed E-state index contributed by atoms with van der Waals surface area (Å²) in [5.74, 6) is -0.278. The van der Waals surface area contributed by atoms with E-state index in [-0.39, 0.29) is 11.7 Å². The quantitative estimate of drug-likeness (QED) is 0.692. The summed E-state index contributed by atoms with van der Waals surface area (Å²) in [5, 5.41) is 5.36. The Morgan fingerprint density at radius 2 is 2.28 bits per heavy atom. The Labute approximate surface area is 110 Å². The normalized spacial score (nSPS) is 9.83. The summed E-state index contributed by atoms with van der Waals surface area (Å²) in [6, 6.07) is 2.95. The Morgan fingerprint density at radius 3 is 2.94 bits per heavy atom. The predicted molar refractivity (Wildman–Crippen MR) is 71.2 cm³/mol. The minimum Gasteiger partial charge on any atom is -0.397 e. The fourth-order valence-corrected chi connectivity index (χ4v) is 1.81. The van der Waals surface area contributed by atoms with Gasteiger partial charge in [0.15, 0.2) is 0 Å². The summed E-state index contributed by atoms with van der Waals surface area (Å²) in [6.45, 7) is 2.47. The van der Waals surface area contributed by atoms with Gasteiger partial charge >= 0.3 is 6.03 Å². The number of aromatic nitrogens is 1. The molecule has 3 amide bonds. The number of imide groups is 1. The van der Waals surface area contributed by atoms with Crippen molar-refractivity contribution < 1.29 is 9.59 Å². The third-order valence-electron chi connectivity index (χ3n) is 1.93. The topological polar surface area (TPSA) is 97.1 Å². The van der Waals surface area contributed by atoms with Crippen LogP contribution in [0.15, 0.2) is 23.4 Å². The van der Waals surface area contributed by atoms with Crippen LogP contribution >= 0.6 is 11.8 Å². The van der Waals surface area contributed by atoms with Gasteiger partial charge in [0.1, 0.15) is 5.03 Å². The Kier molecular flexibility index (Phi) is 5.99. The van der Waals surface area contributed by atoms with E-state index in [9.17, 15) is 9.59 Å². The van der Waals surface area contributed by atoms with Gasteiger partial charge in [0.25, 0.3) is 0 Å². The molecule has 0 atom stereocenters. The van der Waals surface area contributed by atoms with Crippen LogP contribution in [0.5, 0.6) is 0 Å². The molecule has 0 fully saturated rings. The van der Waals surface area contributed by atoms with E-state index in [1.54, 1.807) is 18.3 Å². The number of urea groups is 1. The number of nitrogens with zero attached hydrogens (tertiary/aromatic N) is 1. The monoisotopic (exact) mass is 268 g/mol. The van der Waals surface area contributed by atoms with Gasteiger partial charge in [-0.2, -0.15) is 0 Å². The van der Waals surface area contributed by atoms with Crippen LogP contribution in [-0.4, -0.2) is 29.2 Å². The molecule has 0 aliphatic rings. The van der Waals surface area contributed by atoms with E-state index in [4.69, 9.17) is 5.73 Å². The number of nitrogens with two attached hydrogens (primary N) is 1. The maximum Gasteiger partial charge on any atom is 0.321 e. The van der Waals surface area contributed by atoms with E-state index >= 15 is 0 Å². The second kappa shape index (κ2) is 7.54. The Balaban J connectivity index is 2.33. The van der Waals surface area contributed by atoms with Gasteiger partial charge in [0.05, 0.1) is 11.4 Å². The van der Waals surface area contributed by atoms with E-state index in [0.29, 0.717) is 17.3 Å². The summed E-state index contributed by atoms with van der Waals surface area (Å²) in [4.78, 5) is 26.7. The van der Waals surface area contributed by atoms with Gasteiger partial charge in [0, 0.05) is 12.7 Å². The number of pyridine rings is 1. The summed E-state index contributed by atoms with van der Waals surface area (Å²) >= 11 is 1.19. The van der Waals surface area contributed by atoms with Crippen molar-refractivity contribution in [2.75, 3.05) is 18.0 Å². The highest BCUT2D eigenvalue weighted by molar-refractivity contribution is 8.00. The second-order valence-corrected chi connectivity index (χ2v) is 4.45. The number of hydrogen-bond acceptors (Lipinski definition) is 5. The molecule has 0 aromatic carbocycles. The molecule has 1 rings (SSSR count). The largest absolute Gasteiger partial charge is 0.397 e. The first-order valence-corrected chi connectivity index (χ1v) is 6.53. The average molecular weight is 268 g/mol. The highest BCUT2D eigenvalue weighted by Crippen LogP contribution is 2.20. The number of carbonyl (C=O) groups is 2. The number of anilines is 1. The van der Waals surface area contributed by atoms with Crippen LogP contribution in [-0.2, 0) is 4.79 Å². The lowest BCUT2D eigenvalue weighted by molar-refractivity contribution is -0.117. The zero-order valence-electron chi connectivity index (χ0n) is 10.1. The maximum absolute atomic E-state index is 11.4. The second-order valence-electron chi connectivity index (χ2n) is 3.49. The van der Waals surface area contributed by atoms with Crippen LogP contribution < -0.4 is 16.4 Å². The molecule has 0 spiro atoms. The van der Waals surface area contributed by atoms with Crippen molar-refractivity contribution in [1.82, 2.24) is 15.6 Å². The number of rotatable bonds is 5. The molecule has 18 heavy (non-hydrogen) atoms. The van der Waals surface area contributed by atoms with Crippen molar-refractivity contribution >= 4 is 29.4 Å². The predicted octanol–water partition coefficient (Wildman–Crippen LogP) is 0.992.